The van der Waals surface area contributed by atoms with Crippen LogP contribution in [0.5, 0.6) is 5.75 Å². The molecule has 3 aromatic rings. The third kappa shape index (κ3) is 11.0. The molecule has 3 heterocycles. The van der Waals surface area contributed by atoms with Gasteiger partial charge in [0.25, 0.3) is 0 Å². The molecule has 2 aromatic heterocycles. The lowest BCUT2D eigenvalue weighted by molar-refractivity contribution is -0.141. The van der Waals surface area contributed by atoms with Gasteiger partial charge in [0.15, 0.2) is 5.82 Å². The molecule has 1 saturated heterocycles. The van der Waals surface area contributed by atoms with Gasteiger partial charge in [0.05, 0.1) is 25.6 Å². The number of amides is 1. The maximum absolute atomic E-state index is 12.7. The van der Waals surface area contributed by atoms with Crippen molar-refractivity contribution in [2.45, 2.75) is 64.6 Å². The molecule has 2 atom stereocenters. The highest BCUT2D eigenvalue weighted by Gasteiger charge is 2.25. The molecular weight excluding hydrogens is 630 g/mol. The van der Waals surface area contributed by atoms with E-state index in [4.69, 9.17) is 21.3 Å². The first kappa shape index (κ1) is 37.4. The normalized spacial score (nSPS) is 15.2. The molecule has 4 rings (SSSR count). The average molecular weight is 682 g/mol. The number of carbonyl (C=O) groups is 3. The van der Waals surface area contributed by atoms with Gasteiger partial charge in [0, 0.05) is 70.0 Å². The Kier molecular flexibility index (Phi) is 14.0. The average Bonchev–Trinajstić information content (AvgIpc) is 3.48. The second kappa shape index (κ2) is 18.3. The number of hydrogen-bond donors (Lipinski definition) is 6. The zero-order valence-corrected chi connectivity index (χ0v) is 28.6. The van der Waals surface area contributed by atoms with Gasteiger partial charge in [-0.1, -0.05) is 31.9 Å². The van der Waals surface area contributed by atoms with E-state index in [2.05, 4.69) is 60.1 Å². The van der Waals surface area contributed by atoms with Gasteiger partial charge < -0.3 is 41.6 Å². The van der Waals surface area contributed by atoms with Crippen LogP contribution >= 0.6 is 0 Å². The molecular formula is C34H51N9O6. The Bertz CT molecular complexity index is 1560. The number of carboxylic acid groups (broad SMARTS) is 2. The summed E-state index contributed by atoms with van der Waals surface area (Å²) in [5.74, 6) is -1.70. The summed E-state index contributed by atoms with van der Waals surface area (Å²) in [6.07, 6.45) is 5.10. The van der Waals surface area contributed by atoms with E-state index in [1.807, 2.05) is 12.3 Å². The lowest BCUT2D eigenvalue weighted by atomic mass is 9.96. The predicted octanol–water partition coefficient (Wildman–Crippen LogP) is 2.19. The van der Waals surface area contributed by atoms with Crippen molar-refractivity contribution < 1.29 is 29.3 Å². The zero-order valence-electron chi connectivity index (χ0n) is 28.6. The van der Waals surface area contributed by atoms with Crippen molar-refractivity contribution in [3.63, 3.8) is 0 Å². The predicted molar refractivity (Wildman–Crippen MR) is 187 cm³/mol. The minimum atomic E-state index is -1.17. The summed E-state index contributed by atoms with van der Waals surface area (Å²) in [4.78, 5) is 48.5. The molecule has 1 fully saturated rings. The van der Waals surface area contributed by atoms with E-state index < -0.39 is 29.8 Å². The molecule has 268 valence electrons. The molecule has 0 bridgehead atoms. The van der Waals surface area contributed by atoms with Crippen molar-refractivity contribution in [3.8, 4) is 5.75 Å². The number of benzene rings is 1. The van der Waals surface area contributed by atoms with E-state index in [-0.39, 0.29) is 25.2 Å². The highest BCUT2D eigenvalue weighted by Crippen LogP contribution is 2.27. The summed E-state index contributed by atoms with van der Waals surface area (Å²) in [7, 11) is 1.69. The van der Waals surface area contributed by atoms with Crippen LogP contribution in [0.3, 0.4) is 0 Å². The monoisotopic (exact) mass is 681 g/mol. The third-order valence-corrected chi connectivity index (χ3v) is 8.93. The number of methoxy groups -OCH3 is 1. The Morgan fingerprint density at radius 3 is 2.45 bits per heavy atom. The number of fused-ring (bicyclic) bond motifs is 1. The van der Waals surface area contributed by atoms with E-state index >= 15 is 0 Å². The number of anilines is 2. The SMILES string of the molecule is CCCCCNc1nc(N)nc2ccn(Cc3ccc(CN4CCN(CCNC(=O)[C@H](CC[C@H](N)C(=O)O)CC(=O)O)CC4)cc3OC)c12. The summed E-state index contributed by atoms with van der Waals surface area (Å²) in [5.41, 5.74) is 15.4. The van der Waals surface area contributed by atoms with Crippen molar-refractivity contribution in [3.05, 3.63) is 41.6 Å². The molecule has 0 spiro atoms. The third-order valence-electron chi connectivity index (χ3n) is 8.93. The lowest BCUT2D eigenvalue weighted by Gasteiger charge is -2.34. The first-order valence-corrected chi connectivity index (χ1v) is 17.0. The molecule has 0 aliphatic carbocycles. The van der Waals surface area contributed by atoms with Crippen molar-refractivity contribution in [1.82, 2.24) is 29.7 Å². The number of nitrogens with two attached hydrogens (primary N) is 2. The second-order valence-electron chi connectivity index (χ2n) is 12.6. The van der Waals surface area contributed by atoms with Crippen LogP contribution in [0.1, 0.15) is 56.6 Å². The first-order valence-electron chi connectivity index (χ1n) is 17.0. The molecule has 1 aliphatic heterocycles. The van der Waals surface area contributed by atoms with Crippen molar-refractivity contribution in [2.24, 2.45) is 11.7 Å². The Morgan fingerprint density at radius 2 is 1.76 bits per heavy atom. The van der Waals surface area contributed by atoms with E-state index in [1.54, 1.807) is 7.11 Å². The zero-order chi connectivity index (χ0) is 35.3. The van der Waals surface area contributed by atoms with Gasteiger partial charge >= 0.3 is 11.9 Å². The largest absolute Gasteiger partial charge is 0.496 e. The number of nitrogens with zero attached hydrogens (tertiary/aromatic N) is 5. The summed E-state index contributed by atoms with van der Waals surface area (Å²) >= 11 is 0. The Balaban J connectivity index is 1.27. The molecule has 1 aromatic carbocycles. The minimum Gasteiger partial charge on any atom is -0.496 e. The number of ether oxygens (including phenoxy) is 1. The summed E-state index contributed by atoms with van der Waals surface area (Å²) < 4.78 is 7.95. The number of aliphatic carboxylic acids is 2. The Labute approximate surface area is 287 Å². The number of hydrogen-bond acceptors (Lipinski definition) is 11. The molecule has 15 nitrogen and oxygen atoms in total. The molecule has 1 amide bonds. The van der Waals surface area contributed by atoms with Gasteiger partial charge in [0.2, 0.25) is 11.9 Å². The summed E-state index contributed by atoms with van der Waals surface area (Å²) in [6, 6.07) is 7.17. The molecule has 0 unspecified atom stereocenters. The number of carbonyl (C=O) groups excluding carboxylic acids is 1. The lowest BCUT2D eigenvalue weighted by Crippen LogP contribution is -2.48. The Morgan fingerprint density at radius 1 is 1.00 bits per heavy atom. The Hall–Kier alpha value is -4.47. The fourth-order valence-corrected chi connectivity index (χ4v) is 6.11. The van der Waals surface area contributed by atoms with Crippen LogP contribution in [0.4, 0.5) is 11.8 Å². The number of piperazine rings is 1. The molecule has 0 radical (unpaired) electrons. The minimum absolute atomic E-state index is 0.0325. The van der Waals surface area contributed by atoms with E-state index in [0.29, 0.717) is 19.6 Å². The van der Waals surface area contributed by atoms with E-state index in [0.717, 1.165) is 92.3 Å². The molecule has 15 heteroatoms. The van der Waals surface area contributed by atoms with Crippen molar-refractivity contribution >= 4 is 40.6 Å². The number of nitrogen functional groups attached to an aromatic ring is 1. The van der Waals surface area contributed by atoms with Gasteiger partial charge in [-0.2, -0.15) is 4.98 Å². The smallest absolute Gasteiger partial charge is 0.320 e. The van der Waals surface area contributed by atoms with Crippen LogP contribution in [0, 0.1) is 5.92 Å². The topological polar surface area (TPSA) is 214 Å². The standard InChI is InChI=1S/C34H51N9O6/c1-3-4-5-11-37-31-30-27(39-34(36)40-31)10-13-43(30)22-25-7-6-23(19-28(25)49-2)21-42-17-15-41(16-18-42)14-12-38-32(46)24(20-29(44)45)8-9-26(35)33(47)48/h6-7,10,13,19,24,26H,3-5,8-9,11-12,14-18,20-22,35H2,1-2H3,(H,38,46)(H,44,45)(H,47,48)(H3,36,37,39,40)/t24-,26+/m1/s1. The second-order valence-corrected chi connectivity index (χ2v) is 12.6. The summed E-state index contributed by atoms with van der Waals surface area (Å²) in [6.45, 7) is 8.76. The number of unbranched alkanes of at least 4 members (excludes halogenated alkanes) is 2. The van der Waals surface area contributed by atoms with Gasteiger partial charge in [0.1, 0.15) is 17.3 Å². The summed E-state index contributed by atoms with van der Waals surface area (Å²) in [5, 5.41) is 24.5. The van der Waals surface area contributed by atoms with Crippen LogP contribution in [-0.2, 0) is 27.5 Å². The number of rotatable bonds is 20. The number of aromatic nitrogens is 3. The molecule has 0 saturated carbocycles. The fraction of sp³-hybridized carbons (Fsp3) is 0.559. The van der Waals surface area contributed by atoms with Gasteiger partial charge in [-0.15, -0.1) is 0 Å². The molecule has 8 N–H and O–H groups in total. The van der Waals surface area contributed by atoms with Crippen LogP contribution in [0.25, 0.3) is 11.0 Å². The van der Waals surface area contributed by atoms with E-state index in [1.165, 1.54) is 0 Å². The number of carboxylic acids is 2. The maximum Gasteiger partial charge on any atom is 0.320 e. The first-order chi connectivity index (χ1) is 23.6. The van der Waals surface area contributed by atoms with Crippen molar-refractivity contribution in [2.75, 3.05) is 64.0 Å². The maximum atomic E-state index is 12.7. The van der Waals surface area contributed by atoms with E-state index in [9.17, 15) is 19.5 Å². The quantitative estimate of drug-likeness (QED) is 0.0945. The fourth-order valence-electron chi connectivity index (χ4n) is 6.11. The highest BCUT2D eigenvalue weighted by molar-refractivity contribution is 5.87. The van der Waals surface area contributed by atoms with Gasteiger partial charge in [-0.25, -0.2) is 4.98 Å². The van der Waals surface area contributed by atoms with Crippen LogP contribution < -0.4 is 26.8 Å². The molecule has 1 aliphatic rings. The van der Waals surface area contributed by atoms with Gasteiger partial charge in [-0.05, 0) is 37.0 Å². The van der Waals surface area contributed by atoms with Crippen LogP contribution in [0.2, 0.25) is 0 Å². The van der Waals surface area contributed by atoms with Gasteiger partial charge in [-0.3, -0.25) is 24.2 Å². The number of nitrogens with one attached hydrogen (secondary N) is 2. The molecule has 49 heavy (non-hydrogen) atoms. The van der Waals surface area contributed by atoms with Crippen molar-refractivity contribution in [1.29, 1.82) is 0 Å². The van der Waals surface area contributed by atoms with Crippen LogP contribution in [0.15, 0.2) is 30.5 Å². The van der Waals surface area contributed by atoms with Crippen LogP contribution in [-0.4, -0.2) is 111 Å². The highest BCUT2D eigenvalue weighted by atomic mass is 16.5.